The van der Waals surface area contributed by atoms with Gasteiger partial charge in [0.05, 0.1) is 0 Å². The van der Waals surface area contributed by atoms with E-state index < -0.39 is 66.4 Å². The van der Waals surface area contributed by atoms with Crippen LogP contribution in [0.1, 0.15) is 184 Å². The summed E-state index contributed by atoms with van der Waals surface area (Å²) < 4.78 is 45.8. The van der Waals surface area contributed by atoms with Gasteiger partial charge in [-0.1, -0.05) is 86.0 Å². The molecule has 0 radical (unpaired) electrons. The van der Waals surface area contributed by atoms with E-state index in [0.29, 0.717) is 52.1 Å². The molecule has 10 unspecified atom stereocenters. The maximum absolute atomic E-state index is 13.0. The molecule has 2 heterocycles. The lowest BCUT2D eigenvalue weighted by Gasteiger charge is -2.43. The van der Waals surface area contributed by atoms with Crippen molar-refractivity contribution in [2.24, 2.45) is 29.4 Å². The van der Waals surface area contributed by atoms with E-state index in [-0.39, 0.29) is 73.9 Å². The zero-order chi connectivity index (χ0) is 53.5. The van der Waals surface area contributed by atoms with Gasteiger partial charge in [0.15, 0.2) is 12.6 Å². The van der Waals surface area contributed by atoms with Gasteiger partial charge in [-0.2, -0.15) is 0 Å². The fraction of sp³-hybridized carbons (Fsp3) is 0.868. The quantitative estimate of drug-likeness (QED) is 0.0295. The van der Waals surface area contributed by atoms with Gasteiger partial charge in [0, 0.05) is 109 Å². The summed E-state index contributed by atoms with van der Waals surface area (Å²) in [6.07, 6.45) is 10.2. The van der Waals surface area contributed by atoms with Crippen LogP contribution in [0.3, 0.4) is 0 Å². The highest BCUT2D eigenvalue weighted by molar-refractivity contribution is 5.77. The van der Waals surface area contributed by atoms with Crippen LogP contribution < -0.4 is 21.7 Å². The topological polar surface area (TPSA) is 255 Å². The van der Waals surface area contributed by atoms with E-state index in [4.69, 9.17) is 43.6 Å². The van der Waals surface area contributed by atoms with Crippen molar-refractivity contribution in [3.05, 3.63) is 0 Å². The molecule has 0 aromatic rings. The monoisotopic (exact) mass is 1030 g/mol. The van der Waals surface area contributed by atoms with E-state index in [1.54, 1.807) is 0 Å². The summed E-state index contributed by atoms with van der Waals surface area (Å²) in [6.45, 7) is 17.9. The van der Waals surface area contributed by atoms with Crippen molar-refractivity contribution in [2.45, 2.75) is 227 Å². The molecule has 0 aromatic heterocycles. The molecule has 10 atom stereocenters. The van der Waals surface area contributed by atoms with Crippen molar-refractivity contribution in [3.8, 4) is 0 Å². The van der Waals surface area contributed by atoms with E-state index in [2.05, 4.69) is 22.9 Å². The van der Waals surface area contributed by atoms with Gasteiger partial charge in [-0.25, -0.2) is 0 Å². The third kappa shape index (κ3) is 26.9. The molecule has 0 spiro atoms. The molecule has 3 amide bonds. The molecule has 5 N–H and O–H groups in total. The summed E-state index contributed by atoms with van der Waals surface area (Å²) in [5.74, 6) is -2.37. The third-order valence-corrected chi connectivity index (χ3v) is 13.9. The first-order valence-corrected chi connectivity index (χ1v) is 27.0. The van der Waals surface area contributed by atoms with Crippen molar-refractivity contribution in [1.82, 2.24) is 16.0 Å². The van der Waals surface area contributed by atoms with Gasteiger partial charge in [0.1, 0.15) is 37.6 Å². The number of hydrogen-bond acceptors (Lipinski definition) is 16. The molecule has 0 bridgehead atoms. The molecule has 2 rings (SSSR count). The van der Waals surface area contributed by atoms with E-state index in [1.807, 2.05) is 27.7 Å². The predicted octanol–water partition coefficient (Wildman–Crippen LogP) is 6.48. The second kappa shape index (κ2) is 36.1. The van der Waals surface area contributed by atoms with Crippen LogP contribution in [0.15, 0.2) is 0 Å². The fourth-order valence-electron chi connectivity index (χ4n) is 9.02. The smallest absolute Gasteiger partial charge is 0.303 e. The second-order valence-electron chi connectivity index (χ2n) is 20.2. The molecule has 2 saturated heterocycles. The van der Waals surface area contributed by atoms with Gasteiger partial charge in [0.2, 0.25) is 17.7 Å². The zero-order valence-corrected chi connectivity index (χ0v) is 45.4. The van der Waals surface area contributed by atoms with Crippen LogP contribution in [0.25, 0.3) is 0 Å². The molecule has 2 fully saturated rings. The molecule has 416 valence electrons. The predicted molar refractivity (Wildman–Crippen MR) is 270 cm³/mol. The van der Waals surface area contributed by atoms with Crippen molar-refractivity contribution in [3.63, 3.8) is 0 Å². The Morgan fingerprint density at radius 2 is 0.806 bits per heavy atom. The number of esters is 4. The summed E-state index contributed by atoms with van der Waals surface area (Å²) in [6, 6.07) is 0. The van der Waals surface area contributed by atoms with Crippen LogP contribution in [0.4, 0.5) is 0 Å². The minimum Gasteiger partial charge on any atom is -0.463 e. The maximum Gasteiger partial charge on any atom is 0.303 e. The summed E-state index contributed by atoms with van der Waals surface area (Å²) in [5.41, 5.74) is 6.02. The lowest BCUT2D eigenvalue weighted by molar-refractivity contribution is -0.273. The number of nitrogens with one attached hydrogen (secondary N) is 3. The fourth-order valence-corrected chi connectivity index (χ4v) is 9.02. The molecule has 19 heteroatoms. The molecule has 72 heavy (non-hydrogen) atoms. The van der Waals surface area contributed by atoms with Crippen LogP contribution in [-0.2, 0) is 71.5 Å². The average Bonchev–Trinajstić information content (AvgIpc) is 3.32. The van der Waals surface area contributed by atoms with Crippen LogP contribution in [0.2, 0.25) is 0 Å². The highest BCUT2D eigenvalue weighted by Crippen LogP contribution is 2.35. The van der Waals surface area contributed by atoms with Gasteiger partial charge >= 0.3 is 23.9 Å². The number of hydrogen-bond donors (Lipinski definition) is 4. The molecule has 0 aromatic carbocycles. The van der Waals surface area contributed by atoms with Gasteiger partial charge in [-0.15, -0.1) is 0 Å². The Labute approximate surface area is 430 Å². The first kappa shape index (κ1) is 64.2. The van der Waals surface area contributed by atoms with Crippen LogP contribution >= 0.6 is 0 Å². The lowest BCUT2D eigenvalue weighted by Crippen LogP contribution is -2.53. The van der Waals surface area contributed by atoms with Crippen LogP contribution in [-0.4, -0.2) is 130 Å². The van der Waals surface area contributed by atoms with Crippen molar-refractivity contribution >= 4 is 41.6 Å². The van der Waals surface area contributed by atoms with E-state index in [1.165, 1.54) is 34.1 Å². The highest BCUT2D eigenvalue weighted by atomic mass is 16.7. The van der Waals surface area contributed by atoms with Crippen molar-refractivity contribution in [1.29, 1.82) is 0 Å². The van der Waals surface area contributed by atoms with Crippen molar-refractivity contribution < 1.29 is 71.5 Å². The van der Waals surface area contributed by atoms with Gasteiger partial charge in [-0.3, -0.25) is 33.6 Å². The first-order valence-electron chi connectivity index (χ1n) is 27.0. The van der Waals surface area contributed by atoms with Gasteiger partial charge in [-0.05, 0) is 51.4 Å². The largest absolute Gasteiger partial charge is 0.463 e. The van der Waals surface area contributed by atoms with E-state index >= 15 is 0 Å². The molecule has 2 aliphatic rings. The van der Waals surface area contributed by atoms with E-state index in [0.717, 1.165) is 77.0 Å². The highest BCUT2D eigenvalue weighted by Gasteiger charge is 2.46. The molecular formula is C53H94N4O15. The van der Waals surface area contributed by atoms with E-state index in [9.17, 15) is 33.6 Å². The van der Waals surface area contributed by atoms with Gasteiger partial charge < -0.3 is 59.6 Å². The minimum absolute atomic E-state index is 0.0379. The number of carbonyl (C=O) groups is 7. The molecule has 19 nitrogen and oxygen atoms in total. The number of rotatable bonds is 37. The number of amides is 3. The SMILES string of the molecule is CCCCCCCNC(=O)CCC(N)(CCC(=O)NCCCCCCOC1OC(COC(C)=O)C(OC(C)=O)C(C)C1C)CCC(=O)NCCCCCCOC1OC(COC(C)=O)C(OC(C)=O)C(C)C1C. The summed E-state index contributed by atoms with van der Waals surface area (Å²) >= 11 is 0. The first-order chi connectivity index (χ1) is 34.3. The molecule has 0 aliphatic carbocycles. The summed E-state index contributed by atoms with van der Waals surface area (Å²) in [7, 11) is 0. The number of unbranched alkanes of at least 4 members (excludes halogenated alkanes) is 10. The Kier molecular flexibility index (Phi) is 32.2. The van der Waals surface area contributed by atoms with Gasteiger partial charge in [0.25, 0.3) is 0 Å². The molecule has 2 aliphatic heterocycles. The zero-order valence-electron chi connectivity index (χ0n) is 45.4. The average molecular weight is 1030 g/mol. The Morgan fingerprint density at radius 3 is 1.12 bits per heavy atom. The lowest BCUT2D eigenvalue weighted by atomic mass is 9.84. The van der Waals surface area contributed by atoms with Crippen LogP contribution in [0, 0.1) is 23.7 Å². The second-order valence-corrected chi connectivity index (χ2v) is 20.2. The molecule has 0 saturated carbocycles. The van der Waals surface area contributed by atoms with Crippen LogP contribution in [0.5, 0.6) is 0 Å². The maximum atomic E-state index is 13.0. The number of nitrogens with two attached hydrogens (primary N) is 1. The number of carbonyl (C=O) groups excluding carboxylic acids is 7. The van der Waals surface area contributed by atoms with Crippen molar-refractivity contribution in [2.75, 3.05) is 46.1 Å². The Morgan fingerprint density at radius 1 is 0.472 bits per heavy atom. The summed E-state index contributed by atoms with van der Waals surface area (Å²) in [4.78, 5) is 85.2. The standard InChI is InChI=1S/C53H94N4O15/c1-10-11-12-13-18-29-55-46(62)23-26-53(54,27-24-47(63)56-30-19-14-16-21-32-65-51-38(4)36(2)49(69-42(8)60)44(71-51)34-67-40(6)58)28-25-48(64)57-31-20-15-17-22-33-66-52-39(5)37(3)50(70-43(9)61)45(72-52)35-68-41(7)59/h36-39,44-45,49-52H,10-35,54H2,1-9H3,(H,55,62)(H,56,63)(H,57,64). The molecular weight excluding hydrogens is 933 g/mol. The Bertz CT molecular complexity index is 1520. The Balaban J connectivity index is 1.75. The number of ether oxygens (including phenoxy) is 8. The minimum atomic E-state index is -0.883. The normalized spacial score (nSPS) is 24.8. The summed E-state index contributed by atoms with van der Waals surface area (Å²) in [5, 5.41) is 9.00. The Hall–Kier alpha value is -3.91. The third-order valence-electron chi connectivity index (χ3n) is 13.9.